The Labute approximate surface area is 200 Å². The first-order chi connectivity index (χ1) is 16.3. The first kappa shape index (κ1) is 23.6. The molecule has 1 fully saturated rings. The van der Waals surface area contributed by atoms with Crippen molar-refractivity contribution in [2.24, 2.45) is 5.92 Å². The summed E-state index contributed by atoms with van der Waals surface area (Å²) in [5.74, 6) is 0.169. The summed E-state index contributed by atoms with van der Waals surface area (Å²) in [5.41, 5.74) is 4.10. The third kappa shape index (κ3) is 5.49. The lowest BCUT2D eigenvalue weighted by atomic mass is 9.95. The van der Waals surface area contributed by atoms with E-state index in [4.69, 9.17) is 10.2 Å². The van der Waals surface area contributed by atoms with Crippen LogP contribution < -0.4 is 10.6 Å². The minimum Gasteiger partial charge on any atom is -0.321 e. The normalized spacial score (nSPS) is 21.0. The number of nitriles is 1. The number of benzene rings is 1. The molecule has 176 valence electrons. The van der Waals surface area contributed by atoms with Crippen molar-refractivity contribution in [3.05, 3.63) is 54.0 Å². The lowest BCUT2D eigenvalue weighted by Gasteiger charge is -2.32. The van der Waals surface area contributed by atoms with Gasteiger partial charge in [0.15, 0.2) is 5.78 Å². The zero-order valence-electron chi connectivity index (χ0n) is 20.1. The zero-order valence-corrected chi connectivity index (χ0v) is 20.1. The minimum absolute atomic E-state index is 0.0306. The van der Waals surface area contributed by atoms with Crippen LogP contribution in [0.25, 0.3) is 11.3 Å². The smallest absolute Gasteiger partial charge is 0.227 e. The summed E-state index contributed by atoms with van der Waals surface area (Å²) < 4.78 is 2.04. The Morgan fingerprint density at radius 3 is 2.62 bits per heavy atom. The van der Waals surface area contributed by atoms with Crippen molar-refractivity contribution >= 4 is 17.4 Å². The van der Waals surface area contributed by atoms with Crippen molar-refractivity contribution in [2.45, 2.75) is 65.1 Å². The third-order valence-electron chi connectivity index (χ3n) is 6.22. The Balaban J connectivity index is 1.48. The molecule has 0 radical (unpaired) electrons. The SMILES string of the molecule is Cc1cnc(Nc2cnn(C3C[C@@H](C)N[C@H](C)C3)c2)nc1-c1ccc(C(=O)C[C@@H](C)C#N)cc1. The molecule has 2 aromatic heterocycles. The van der Waals surface area contributed by atoms with Crippen molar-refractivity contribution in [1.82, 2.24) is 25.1 Å². The van der Waals surface area contributed by atoms with E-state index in [1.165, 1.54) is 0 Å². The number of Topliss-reactive ketones (excluding diaryl/α,β-unsaturated/α-hetero) is 1. The van der Waals surface area contributed by atoms with Crippen LogP contribution >= 0.6 is 0 Å². The Morgan fingerprint density at radius 2 is 1.94 bits per heavy atom. The molecule has 8 nitrogen and oxygen atoms in total. The van der Waals surface area contributed by atoms with Crippen molar-refractivity contribution in [2.75, 3.05) is 5.32 Å². The van der Waals surface area contributed by atoms with Gasteiger partial charge in [-0.3, -0.25) is 9.48 Å². The maximum absolute atomic E-state index is 12.3. The number of ketones is 1. The van der Waals surface area contributed by atoms with Crippen LogP contribution in [-0.2, 0) is 0 Å². The lowest BCUT2D eigenvalue weighted by molar-refractivity contribution is 0.0973. The summed E-state index contributed by atoms with van der Waals surface area (Å²) >= 11 is 0. The predicted octanol–water partition coefficient (Wildman–Crippen LogP) is 4.83. The molecule has 0 saturated carbocycles. The van der Waals surface area contributed by atoms with Gasteiger partial charge in [0.25, 0.3) is 0 Å². The van der Waals surface area contributed by atoms with Gasteiger partial charge in [0, 0.05) is 42.0 Å². The van der Waals surface area contributed by atoms with Crippen LogP contribution in [0.5, 0.6) is 0 Å². The molecule has 1 aliphatic heterocycles. The number of aryl methyl sites for hydroxylation is 1. The van der Waals surface area contributed by atoms with E-state index in [9.17, 15) is 4.79 Å². The fraction of sp³-hybridized carbons (Fsp3) is 0.423. The molecule has 1 saturated heterocycles. The number of hydrogen-bond donors (Lipinski definition) is 2. The first-order valence-electron chi connectivity index (χ1n) is 11.8. The van der Waals surface area contributed by atoms with Crippen molar-refractivity contribution in [3.8, 4) is 17.3 Å². The monoisotopic (exact) mass is 457 g/mol. The van der Waals surface area contributed by atoms with Crippen molar-refractivity contribution in [3.63, 3.8) is 0 Å². The van der Waals surface area contributed by atoms with Gasteiger partial charge in [0.1, 0.15) is 0 Å². The Bertz CT molecular complexity index is 1180. The quantitative estimate of drug-likeness (QED) is 0.489. The van der Waals surface area contributed by atoms with E-state index >= 15 is 0 Å². The summed E-state index contributed by atoms with van der Waals surface area (Å²) in [6.45, 7) is 8.14. The molecule has 3 aromatic rings. The molecule has 1 aromatic carbocycles. The number of piperidine rings is 1. The van der Waals surface area contributed by atoms with E-state index in [1.54, 1.807) is 25.3 Å². The standard InChI is InChI=1S/C26H31N7O/c1-16(12-27)9-24(34)20-5-7-21(8-6-20)25-17(2)13-28-26(32-25)31-22-14-29-33(15-22)23-10-18(3)30-19(4)11-23/h5-8,13-16,18-19,23,30H,9-11H2,1-4H3,(H,28,31,32)/t16-,18-,19-/m1/s1. The van der Waals surface area contributed by atoms with Gasteiger partial charge >= 0.3 is 0 Å². The fourth-order valence-corrected chi connectivity index (χ4v) is 4.53. The van der Waals surface area contributed by atoms with Crippen LogP contribution in [0.3, 0.4) is 0 Å². The average molecular weight is 458 g/mol. The number of carbonyl (C=O) groups is 1. The molecule has 8 heteroatoms. The van der Waals surface area contributed by atoms with Crippen molar-refractivity contribution in [1.29, 1.82) is 5.26 Å². The van der Waals surface area contributed by atoms with Crippen LogP contribution in [-0.4, -0.2) is 37.6 Å². The van der Waals surface area contributed by atoms with E-state index in [1.807, 2.05) is 36.1 Å². The zero-order chi connectivity index (χ0) is 24.2. The largest absolute Gasteiger partial charge is 0.321 e. The molecule has 4 rings (SSSR count). The molecule has 0 aliphatic carbocycles. The van der Waals surface area contributed by atoms with Crippen LogP contribution in [0.1, 0.15) is 62.0 Å². The summed E-state index contributed by atoms with van der Waals surface area (Å²) in [7, 11) is 0. The molecule has 0 spiro atoms. The van der Waals surface area contributed by atoms with E-state index in [-0.39, 0.29) is 18.1 Å². The van der Waals surface area contributed by atoms with Gasteiger partial charge in [-0.05, 0) is 46.1 Å². The molecule has 34 heavy (non-hydrogen) atoms. The maximum Gasteiger partial charge on any atom is 0.227 e. The minimum atomic E-state index is -0.296. The van der Waals surface area contributed by atoms with Crippen LogP contribution in [0, 0.1) is 24.2 Å². The summed E-state index contributed by atoms with van der Waals surface area (Å²) in [5, 5.41) is 20.4. The van der Waals surface area contributed by atoms with Gasteiger partial charge in [-0.2, -0.15) is 10.4 Å². The maximum atomic E-state index is 12.3. The van der Waals surface area contributed by atoms with Crippen LogP contribution in [0.2, 0.25) is 0 Å². The number of nitrogens with zero attached hydrogens (tertiary/aromatic N) is 5. The fourth-order valence-electron chi connectivity index (χ4n) is 4.53. The van der Waals surface area contributed by atoms with E-state index in [2.05, 4.69) is 40.6 Å². The first-order valence-corrected chi connectivity index (χ1v) is 11.8. The highest BCUT2D eigenvalue weighted by Gasteiger charge is 2.25. The van der Waals surface area contributed by atoms with Crippen LogP contribution in [0.4, 0.5) is 11.6 Å². The van der Waals surface area contributed by atoms with Gasteiger partial charge in [-0.1, -0.05) is 24.3 Å². The van der Waals surface area contributed by atoms with Gasteiger partial charge in [-0.25, -0.2) is 9.97 Å². The number of rotatable bonds is 7. The van der Waals surface area contributed by atoms with Gasteiger partial charge in [-0.15, -0.1) is 0 Å². The van der Waals surface area contributed by atoms with Gasteiger partial charge in [0.2, 0.25) is 5.95 Å². The van der Waals surface area contributed by atoms with E-state index < -0.39 is 0 Å². The molecule has 3 heterocycles. The molecule has 2 N–H and O–H groups in total. The predicted molar refractivity (Wildman–Crippen MR) is 132 cm³/mol. The molecule has 1 aliphatic rings. The second-order valence-corrected chi connectivity index (χ2v) is 9.39. The second kappa shape index (κ2) is 10.1. The lowest BCUT2D eigenvalue weighted by Crippen LogP contribution is -2.43. The van der Waals surface area contributed by atoms with Gasteiger partial charge < -0.3 is 10.6 Å². The van der Waals surface area contributed by atoms with E-state index in [0.29, 0.717) is 29.6 Å². The number of hydrogen-bond acceptors (Lipinski definition) is 7. The Hall–Kier alpha value is -3.57. The third-order valence-corrected chi connectivity index (χ3v) is 6.22. The Kier molecular flexibility index (Phi) is 7.03. The second-order valence-electron chi connectivity index (χ2n) is 9.39. The highest BCUT2D eigenvalue weighted by atomic mass is 16.1. The summed E-state index contributed by atoms with van der Waals surface area (Å²) in [4.78, 5) is 21.5. The highest BCUT2D eigenvalue weighted by molar-refractivity contribution is 5.96. The molecule has 0 bridgehead atoms. The molecule has 3 atom stereocenters. The number of aromatic nitrogens is 4. The summed E-state index contributed by atoms with van der Waals surface area (Å²) in [6.07, 6.45) is 7.93. The topological polar surface area (TPSA) is 109 Å². The number of carbonyl (C=O) groups excluding carboxylic acids is 1. The molecule has 0 amide bonds. The van der Waals surface area contributed by atoms with E-state index in [0.717, 1.165) is 35.3 Å². The highest BCUT2D eigenvalue weighted by Crippen LogP contribution is 2.27. The summed E-state index contributed by atoms with van der Waals surface area (Å²) in [6, 6.07) is 10.8. The van der Waals surface area contributed by atoms with Gasteiger partial charge in [0.05, 0.1) is 35.6 Å². The molecule has 0 unspecified atom stereocenters. The van der Waals surface area contributed by atoms with Crippen molar-refractivity contribution < 1.29 is 4.79 Å². The average Bonchev–Trinajstić information content (AvgIpc) is 3.28. The Morgan fingerprint density at radius 1 is 1.24 bits per heavy atom. The molecular weight excluding hydrogens is 426 g/mol. The van der Waals surface area contributed by atoms with Crippen LogP contribution in [0.15, 0.2) is 42.9 Å². The molecular formula is C26H31N7O. The number of anilines is 2. The number of nitrogens with one attached hydrogen (secondary N) is 2.